The molecule has 0 bridgehead atoms. The highest BCUT2D eigenvalue weighted by Crippen LogP contribution is 2.41. The van der Waals surface area contributed by atoms with Crippen LogP contribution in [0.5, 0.6) is 0 Å². The van der Waals surface area contributed by atoms with Crippen LogP contribution < -0.4 is 0 Å². The van der Waals surface area contributed by atoms with Gasteiger partial charge in [-0.2, -0.15) is 13.2 Å². The fourth-order valence-electron chi connectivity index (χ4n) is 3.66. The van der Waals surface area contributed by atoms with E-state index in [0.29, 0.717) is 24.0 Å². The van der Waals surface area contributed by atoms with Crippen molar-refractivity contribution in [3.05, 3.63) is 39.6 Å². The predicted molar refractivity (Wildman–Crippen MR) is 99.9 cm³/mol. The molecule has 0 saturated heterocycles. The first kappa shape index (κ1) is 20.4. The second-order valence-corrected chi connectivity index (χ2v) is 10.5. The third-order valence-corrected chi connectivity index (χ3v) is 8.29. The molecule has 1 saturated carbocycles. The predicted octanol–water partition coefficient (Wildman–Crippen LogP) is 5.39. The van der Waals surface area contributed by atoms with Gasteiger partial charge in [0.2, 0.25) is 0 Å². The highest BCUT2D eigenvalue weighted by atomic mass is 32.2. The summed E-state index contributed by atoms with van der Waals surface area (Å²) in [5.74, 6) is 0. The van der Waals surface area contributed by atoms with E-state index in [4.69, 9.17) is 4.74 Å². The van der Waals surface area contributed by atoms with Gasteiger partial charge in [0.25, 0.3) is 0 Å². The van der Waals surface area contributed by atoms with E-state index in [1.807, 2.05) is 19.9 Å². The molecule has 0 radical (unpaired) electrons. The van der Waals surface area contributed by atoms with Gasteiger partial charge in [0, 0.05) is 16.9 Å². The molecular weight excluding hydrogens is 397 g/mol. The first-order valence-electron chi connectivity index (χ1n) is 8.59. The number of rotatable bonds is 4. The van der Waals surface area contributed by atoms with Gasteiger partial charge < -0.3 is 4.74 Å². The molecule has 3 nitrogen and oxygen atoms in total. The van der Waals surface area contributed by atoms with Crippen LogP contribution in [0.1, 0.15) is 34.6 Å². The molecule has 0 amide bonds. The molecule has 2 atom stereocenters. The molecule has 1 aliphatic carbocycles. The van der Waals surface area contributed by atoms with Gasteiger partial charge in [-0.3, -0.25) is 0 Å². The molecule has 2 aromatic rings. The number of sulfone groups is 1. The van der Waals surface area contributed by atoms with E-state index >= 15 is 0 Å². The second-order valence-electron chi connectivity index (χ2n) is 6.87. The lowest BCUT2D eigenvalue weighted by Crippen LogP contribution is -2.23. The number of thiophene rings is 1. The summed E-state index contributed by atoms with van der Waals surface area (Å²) in [7, 11) is -2.61. The summed E-state index contributed by atoms with van der Waals surface area (Å²) >= 11 is 1.50. The van der Waals surface area contributed by atoms with Gasteiger partial charge >= 0.3 is 6.18 Å². The topological polar surface area (TPSA) is 43.4 Å². The normalized spacial score (nSPS) is 21.0. The number of methoxy groups -OCH3 is 1. The first-order chi connectivity index (χ1) is 12.5. The van der Waals surface area contributed by atoms with Crippen molar-refractivity contribution in [2.24, 2.45) is 0 Å². The van der Waals surface area contributed by atoms with Crippen molar-refractivity contribution >= 4 is 21.2 Å². The molecule has 0 aliphatic heterocycles. The highest BCUT2D eigenvalue weighted by Gasteiger charge is 2.42. The number of halogens is 3. The highest BCUT2D eigenvalue weighted by molar-refractivity contribution is 7.92. The Morgan fingerprint density at radius 2 is 1.85 bits per heavy atom. The zero-order chi connectivity index (χ0) is 20.0. The summed E-state index contributed by atoms with van der Waals surface area (Å²) in [6.45, 7) is 3.73. The van der Waals surface area contributed by atoms with Gasteiger partial charge in [0.1, 0.15) is 0 Å². The van der Waals surface area contributed by atoms with E-state index in [1.54, 1.807) is 0 Å². The Balaban J connectivity index is 2.09. The Morgan fingerprint density at radius 1 is 1.15 bits per heavy atom. The van der Waals surface area contributed by atoms with Crippen LogP contribution in [-0.4, -0.2) is 26.9 Å². The summed E-state index contributed by atoms with van der Waals surface area (Å²) in [6, 6.07) is 5.37. The average Bonchev–Trinajstić information content (AvgIpc) is 3.20. The molecule has 0 N–H and O–H groups in total. The zero-order valence-electron chi connectivity index (χ0n) is 15.3. The Labute approximate surface area is 161 Å². The van der Waals surface area contributed by atoms with Crippen LogP contribution in [0.25, 0.3) is 11.1 Å². The van der Waals surface area contributed by atoms with Gasteiger partial charge in [0.15, 0.2) is 9.84 Å². The fourth-order valence-corrected chi connectivity index (χ4v) is 6.62. The van der Waals surface area contributed by atoms with Crippen molar-refractivity contribution in [1.82, 2.24) is 0 Å². The van der Waals surface area contributed by atoms with Crippen molar-refractivity contribution in [2.75, 3.05) is 7.11 Å². The maximum Gasteiger partial charge on any atom is 0.417 e. The molecule has 1 fully saturated rings. The minimum Gasteiger partial charge on any atom is -0.381 e. The largest absolute Gasteiger partial charge is 0.417 e. The number of hydrogen-bond acceptors (Lipinski definition) is 4. The number of alkyl halides is 3. The third-order valence-electron chi connectivity index (χ3n) is 5.05. The van der Waals surface area contributed by atoms with Crippen molar-refractivity contribution in [3.63, 3.8) is 0 Å². The lowest BCUT2D eigenvalue weighted by molar-refractivity contribution is -0.139. The molecule has 0 unspecified atom stereocenters. The molecular formula is C19H21F3O3S2. The van der Waals surface area contributed by atoms with Crippen LogP contribution in [0.2, 0.25) is 0 Å². The van der Waals surface area contributed by atoms with Crippen LogP contribution in [0, 0.1) is 13.8 Å². The van der Waals surface area contributed by atoms with Gasteiger partial charge in [-0.1, -0.05) is 6.07 Å². The van der Waals surface area contributed by atoms with E-state index in [1.165, 1.54) is 24.5 Å². The third kappa shape index (κ3) is 3.93. The monoisotopic (exact) mass is 418 g/mol. The Bertz CT molecular complexity index is 946. The Hall–Kier alpha value is -1.38. The van der Waals surface area contributed by atoms with Crippen molar-refractivity contribution in [1.29, 1.82) is 0 Å². The van der Waals surface area contributed by atoms with E-state index in [9.17, 15) is 21.6 Å². The van der Waals surface area contributed by atoms with Crippen molar-refractivity contribution in [3.8, 4) is 11.1 Å². The van der Waals surface area contributed by atoms with Crippen LogP contribution in [0.15, 0.2) is 29.2 Å². The van der Waals surface area contributed by atoms with Crippen molar-refractivity contribution in [2.45, 2.75) is 55.5 Å². The van der Waals surface area contributed by atoms with Crippen molar-refractivity contribution < 1.29 is 26.3 Å². The van der Waals surface area contributed by atoms with Gasteiger partial charge in [-0.05, 0) is 62.4 Å². The lowest BCUT2D eigenvalue weighted by atomic mass is 10.0. The number of aryl methyl sites for hydroxylation is 2. The minimum absolute atomic E-state index is 0.223. The van der Waals surface area contributed by atoms with Gasteiger partial charge in [-0.15, -0.1) is 11.3 Å². The van der Waals surface area contributed by atoms with Crippen LogP contribution >= 0.6 is 11.3 Å². The van der Waals surface area contributed by atoms with Crippen LogP contribution in [0.4, 0.5) is 13.2 Å². The zero-order valence-corrected chi connectivity index (χ0v) is 16.9. The van der Waals surface area contributed by atoms with Gasteiger partial charge in [0.05, 0.1) is 21.8 Å². The Morgan fingerprint density at radius 3 is 2.37 bits per heavy atom. The van der Waals surface area contributed by atoms with Gasteiger partial charge in [-0.25, -0.2) is 8.42 Å². The number of hydrogen-bond donors (Lipinski definition) is 0. The summed E-state index contributed by atoms with van der Waals surface area (Å²) < 4.78 is 72.2. The molecule has 0 spiro atoms. The minimum atomic E-state index is -4.75. The SMILES string of the molecule is CO[C@H]1CC[C@H](S(=O)(=O)c2ccc(-c3cc(C)sc3C)cc2C(F)(F)F)C1. The van der Waals surface area contributed by atoms with E-state index in [2.05, 4.69) is 0 Å². The molecule has 148 valence electrons. The van der Waals surface area contributed by atoms with Crippen LogP contribution in [-0.2, 0) is 20.8 Å². The second kappa shape index (κ2) is 7.22. The molecule has 1 heterocycles. The van der Waals surface area contributed by atoms with E-state index < -0.39 is 31.7 Å². The summed E-state index contributed by atoms with van der Waals surface area (Å²) in [4.78, 5) is 1.25. The summed E-state index contributed by atoms with van der Waals surface area (Å²) in [6.07, 6.45) is -3.91. The molecule has 1 aliphatic rings. The van der Waals surface area contributed by atoms with E-state index in [-0.39, 0.29) is 12.5 Å². The number of ether oxygens (including phenoxy) is 1. The maximum absolute atomic E-state index is 13.7. The quantitative estimate of drug-likeness (QED) is 0.668. The molecule has 1 aromatic carbocycles. The van der Waals surface area contributed by atoms with E-state index in [0.717, 1.165) is 21.9 Å². The van der Waals surface area contributed by atoms with Crippen LogP contribution in [0.3, 0.4) is 0 Å². The smallest absolute Gasteiger partial charge is 0.381 e. The Kier molecular flexibility index (Phi) is 5.44. The number of benzene rings is 1. The summed E-state index contributed by atoms with van der Waals surface area (Å²) in [5.41, 5.74) is -0.0132. The molecule has 27 heavy (non-hydrogen) atoms. The lowest BCUT2D eigenvalue weighted by Gasteiger charge is -2.18. The molecule has 3 rings (SSSR count). The molecule has 8 heteroatoms. The average molecular weight is 419 g/mol. The maximum atomic E-state index is 13.7. The first-order valence-corrected chi connectivity index (χ1v) is 11.0. The standard InChI is InChI=1S/C19H21F3O3S2/c1-11-8-16(12(2)26-11)13-4-7-18(17(9-13)19(20,21)22)27(23,24)15-6-5-14(10-15)25-3/h4,7-9,14-15H,5-6,10H2,1-3H3/t14-,15-/m0/s1. The fraction of sp³-hybridized carbons (Fsp3) is 0.474. The molecule has 1 aromatic heterocycles. The summed E-state index contributed by atoms with van der Waals surface area (Å²) in [5, 5.41) is -0.848.